The van der Waals surface area contributed by atoms with Gasteiger partial charge >= 0.3 is 5.69 Å². The molecule has 1 aromatic heterocycles. The second-order valence-corrected chi connectivity index (χ2v) is 7.57. The fourth-order valence-electron chi connectivity index (χ4n) is 4.26. The summed E-state index contributed by atoms with van der Waals surface area (Å²) in [7, 11) is 0. The Morgan fingerprint density at radius 3 is 2.20 bits per heavy atom. The van der Waals surface area contributed by atoms with E-state index in [9.17, 15) is 4.79 Å². The first-order valence-corrected chi connectivity index (χ1v) is 10.2. The molecule has 0 atom stereocenters. The average molecular weight is 344 g/mol. The lowest BCUT2D eigenvalue weighted by atomic mass is 9.87. The van der Waals surface area contributed by atoms with Crippen molar-refractivity contribution in [2.24, 2.45) is 11.7 Å². The third-order valence-corrected chi connectivity index (χ3v) is 5.75. The second-order valence-electron chi connectivity index (χ2n) is 7.57. The number of rotatable bonds is 9. The van der Waals surface area contributed by atoms with Gasteiger partial charge in [0.1, 0.15) is 0 Å². The Balaban J connectivity index is 1.71. The van der Waals surface area contributed by atoms with Crippen LogP contribution in [0.4, 0.5) is 0 Å². The summed E-state index contributed by atoms with van der Waals surface area (Å²) in [6.45, 7) is 2.45. The SMILES string of the molecule is NCCCCCCn1c(=O)n(CCC2CCCCC2)c2ccccc21. The van der Waals surface area contributed by atoms with Gasteiger partial charge in [0.2, 0.25) is 0 Å². The monoisotopic (exact) mass is 343 g/mol. The first kappa shape index (κ1) is 18.2. The first-order chi connectivity index (χ1) is 12.3. The van der Waals surface area contributed by atoms with E-state index in [1.165, 1.54) is 32.1 Å². The molecule has 4 nitrogen and oxygen atoms in total. The first-order valence-electron chi connectivity index (χ1n) is 10.2. The summed E-state index contributed by atoms with van der Waals surface area (Å²) >= 11 is 0. The highest BCUT2D eigenvalue weighted by molar-refractivity contribution is 5.75. The van der Waals surface area contributed by atoms with Crippen LogP contribution in [-0.2, 0) is 13.1 Å². The highest BCUT2D eigenvalue weighted by Crippen LogP contribution is 2.27. The minimum Gasteiger partial charge on any atom is -0.330 e. The molecule has 4 heteroatoms. The number of nitrogens with two attached hydrogens (primary N) is 1. The quantitative estimate of drug-likeness (QED) is 0.690. The van der Waals surface area contributed by atoms with E-state index in [1.54, 1.807) is 0 Å². The van der Waals surface area contributed by atoms with Gasteiger partial charge in [-0.05, 0) is 43.9 Å². The fourth-order valence-corrected chi connectivity index (χ4v) is 4.26. The molecule has 0 unspecified atom stereocenters. The van der Waals surface area contributed by atoms with Gasteiger partial charge in [-0.15, -0.1) is 0 Å². The summed E-state index contributed by atoms with van der Waals surface area (Å²) in [5, 5.41) is 0. The Labute approximate surface area is 151 Å². The number of nitrogens with zero attached hydrogens (tertiary/aromatic N) is 2. The van der Waals surface area contributed by atoms with E-state index in [1.807, 2.05) is 21.3 Å². The maximum atomic E-state index is 13.0. The molecule has 25 heavy (non-hydrogen) atoms. The zero-order valence-electron chi connectivity index (χ0n) is 15.5. The van der Waals surface area contributed by atoms with Crippen molar-refractivity contribution >= 4 is 11.0 Å². The van der Waals surface area contributed by atoms with E-state index in [4.69, 9.17) is 5.73 Å². The van der Waals surface area contributed by atoms with Crippen molar-refractivity contribution in [3.63, 3.8) is 0 Å². The summed E-state index contributed by atoms with van der Waals surface area (Å²) < 4.78 is 4.00. The number of unbranched alkanes of at least 4 members (excludes halogenated alkanes) is 3. The minimum absolute atomic E-state index is 0.177. The molecule has 1 heterocycles. The number of hydrogen-bond acceptors (Lipinski definition) is 2. The van der Waals surface area contributed by atoms with E-state index in [0.29, 0.717) is 0 Å². The summed E-state index contributed by atoms with van der Waals surface area (Å²) in [5.74, 6) is 0.805. The lowest BCUT2D eigenvalue weighted by molar-refractivity contribution is 0.323. The predicted octanol–water partition coefficient (Wildman–Crippen LogP) is 4.29. The largest absolute Gasteiger partial charge is 0.330 e. The van der Waals surface area contributed by atoms with Crippen LogP contribution in [0.3, 0.4) is 0 Å². The van der Waals surface area contributed by atoms with Gasteiger partial charge in [0.15, 0.2) is 0 Å². The molecule has 0 spiro atoms. The van der Waals surface area contributed by atoms with Crippen molar-refractivity contribution in [3.8, 4) is 0 Å². The van der Waals surface area contributed by atoms with Crippen molar-refractivity contribution < 1.29 is 0 Å². The maximum absolute atomic E-state index is 13.0. The van der Waals surface area contributed by atoms with Crippen LogP contribution in [0.1, 0.15) is 64.2 Å². The molecule has 0 saturated heterocycles. The van der Waals surface area contributed by atoms with Crippen LogP contribution in [-0.4, -0.2) is 15.7 Å². The zero-order chi connectivity index (χ0) is 17.5. The van der Waals surface area contributed by atoms with Crippen LogP contribution < -0.4 is 11.4 Å². The van der Waals surface area contributed by atoms with Crippen molar-refractivity contribution in [2.45, 2.75) is 77.3 Å². The van der Waals surface area contributed by atoms with Crippen molar-refractivity contribution in [3.05, 3.63) is 34.7 Å². The third kappa shape index (κ3) is 4.55. The molecule has 0 radical (unpaired) electrons. The summed E-state index contributed by atoms with van der Waals surface area (Å²) in [4.78, 5) is 13.0. The van der Waals surface area contributed by atoms with Crippen LogP contribution >= 0.6 is 0 Å². The molecule has 138 valence electrons. The Bertz CT molecular complexity index is 709. The van der Waals surface area contributed by atoms with Crippen LogP contribution in [0.2, 0.25) is 0 Å². The van der Waals surface area contributed by atoms with Gasteiger partial charge in [0.25, 0.3) is 0 Å². The third-order valence-electron chi connectivity index (χ3n) is 5.75. The van der Waals surface area contributed by atoms with E-state index < -0.39 is 0 Å². The number of aryl methyl sites for hydroxylation is 2. The molecule has 2 N–H and O–H groups in total. The summed E-state index contributed by atoms with van der Waals surface area (Å²) in [5.41, 5.74) is 7.93. The summed E-state index contributed by atoms with van der Waals surface area (Å²) in [6.07, 6.45) is 12.4. The second kappa shape index (κ2) is 9.23. The minimum atomic E-state index is 0.177. The predicted molar refractivity (Wildman–Crippen MR) is 105 cm³/mol. The zero-order valence-corrected chi connectivity index (χ0v) is 15.5. The molecule has 1 fully saturated rings. The van der Waals surface area contributed by atoms with Gasteiger partial charge in [-0.25, -0.2) is 4.79 Å². The van der Waals surface area contributed by atoms with Gasteiger partial charge in [0.05, 0.1) is 11.0 Å². The lowest BCUT2D eigenvalue weighted by Crippen LogP contribution is -2.25. The standard InChI is InChI=1S/C21H33N3O/c22-15-8-1-2-9-16-23-19-12-6-7-13-20(19)24(21(23)25)17-14-18-10-4-3-5-11-18/h6-7,12-13,18H,1-5,8-11,14-17,22H2. The highest BCUT2D eigenvalue weighted by Gasteiger charge is 2.16. The maximum Gasteiger partial charge on any atom is 0.329 e. The Morgan fingerprint density at radius 1 is 0.880 bits per heavy atom. The Kier molecular flexibility index (Phi) is 6.74. The molecule has 0 bridgehead atoms. The van der Waals surface area contributed by atoms with Gasteiger partial charge in [-0.1, -0.05) is 57.1 Å². The van der Waals surface area contributed by atoms with Crippen LogP contribution in [0.5, 0.6) is 0 Å². The molecule has 0 amide bonds. The molecule has 1 saturated carbocycles. The number of hydrogen-bond donors (Lipinski definition) is 1. The molecule has 1 aromatic carbocycles. The van der Waals surface area contributed by atoms with Crippen molar-refractivity contribution in [1.82, 2.24) is 9.13 Å². The van der Waals surface area contributed by atoms with Crippen molar-refractivity contribution in [1.29, 1.82) is 0 Å². The Morgan fingerprint density at radius 2 is 1.52 bits per heavy atom. The lowest BCUT2D eigenvalue weighted by Gasteiger charge is -2.21. The van der Waals surface area contributed by atoms with Gasteiger partial charge < -0.3 is 5.73 Å². The number of fused-ring (bicyclic) bond motifs is 1. The molecule has 1 aliphatic carbocycles. The van der Waals surface area contributed by atoms with E-state index in [0.717, 1.165) is 68.7 Å². The number of imidazole rings is 1. The number of para-hydroxylation sites is 2. The highest BCUT2D eigenvalue weighted by atomic mass is 16.1. The molecular formula is C21H33N3O. The van der Waals surface area contributed by atoms with Crippen LogP contribution in [0.15, 0.2) is 29.1 Å². The molecule has 0 aliphatic heterocycles. The van der Waals surface area contributed by atoms with E-state index in [-0.39, 0.29) is 5.69 Å². The molecular weight excluding hydrogens is 310 g/mol. The fraction of sp³-hybridized carbons (Fsp3) is 0.667. The Hall–Kier alpha value is -1.55. The summed E-state index contributed by atoms with van der Waals surface area (Å²) in [6, 6.07) is 8.28. The number of benzene rings is 1. The van der Waals surface area contributed by atoms with Gasteiger partial charge in [-0.3, -0.25) is 9.13 Å². The molecule has 3 rings (SSSR count). The van der Waals surface area contributed by atoms with Gasteiger partial charge in [-0.2, -0.15) is 0 Å². The van der Waals surface area contributed by atoms with Crippen LogP contribution in [0.25, 0.3) is 11.0 Å². The molecule has 2 aromatic rings. The van der Waals surface area contributed by atoms with E-state index >= 15 is 0 Å². The van der Waals surface area contributed by atoms with Gasteiger partial charge in [0, 0.05) is 13.1 Å². The molecule has 1 aliphatic rings. The number of aromatic nitrogens is 2. The smallest absolute Gasteiger partial charge is 0.329 e. The average Bonchev–Trinajstić information content (AvgIpc) is 2.92. The van der Waals surface area contributed by atoms with Crippen molar-refractivity contribution in [2.75, 3.05) is 6.54 Å². The van der Waals surface area contributed by atoms with Crippen LogP contribution in [0, 0.1) is 5.92 Å². The normalized spacial score (nSPS) is 15.9. The topological polar surface area (TPSA) is 52.9 Å². The van der Waals surface area contributed by atoms with E-state index in [2.05, 4.69) is 12.1 Å².